The Morgan fingerprint density at radius 3 is 1.95 bits per heavy atom. The van der Waals surface area contributed by atoms with Gasteiger partial charge in [0.05, 0.1) is 0 Å². The van der Waals surface area contributed by atoms with Crippen molar-refractivity contribution < 1.29 is 4.74 Å². The van der Waals surface area contributed by atoms with Gasteiger partial charge in [-0.15, -0.1) is 0 Å². The molecule has 0 N–H and O–H groups in total. The van der Waals surface area contributed by atoms with Crippen molar-refractivity contribution in [3.8, 4) is 22.6 Å². The second-order valence-corrected chi connectivity index (χ2v) is 4.73. The first kappa shape index (κ1) is 12.5. The van der Waals surface area contributed by atoms with Gasteiger partial charge in [0.2, 0.25) is 0 Å². The van der Waals surface area contributed by atoms with E-state index in [1.54, 1.807) is 0 Å². The highest BCUT2D eigenvalue weighted by Gasteiger charge is 2.08. The molecule has 1 nitrogen and oxygen atoms in total. The molecular formula is C19H16O. The number of para-hydroxylation sites is 2. The van der Waals surface area contributed by atoms with Gasteiger partial charge in [-0.25, -0.2) is 0 Å². The van der Waals surface area contributed by atoms with Crippen LogP contribution in [0.4, 0.5) is 0 Å². The maximum absolute atomic E-state index is 6.02. The number of rotatable bonds is 3. The maximum Gasteiger partial charge on any atom is 0.135 e. The van der Waals surface area contributed by atoms with Gasteiger partial charge in [0.1, 0.15) is 11.5 Å². The van der Waals surface area contributed by atoms with Crippen molar-refractivity contribution in [2.24, 2.45) is 0 Å². The summed E-state index contributed by atoms with van der Waals surface area (Å²) in [5.41, 5.74) is 3.57. The lowest BCUT2D eigenvalue weighted by Crippen LogP contribution is -1.89. The number of hydrogen-bond donors (Lipinski definition) is 0. The van der Waals surface area contributed by atoms with E-state index in [4.69, 9.17) is 4.74 Å². The van der Waals surface area contributed by atoms with E-state index in [0.29, 0.717) is 0 Å². The SMILES string of the molecule is Cc1ccccc1-c1ccccc1Oc1ccccc1. The van der Waals surface area contributed by atoms with Gasteiger partial charge in [-0.1, -0.05) is 60.7 Å². The van der Waals surface area contributed by atoms with E-state index < -0.39 is 0 Å². The average molecular weight is 260 g/mol. The van der Waals surface area contributed by atoms with Crippen LogP contribution in [0.3, 0.4) is 0 Å². The van der Waals surface area contributed by atoms with E-state index in [-0.39, 0.29) is 0 Å². The third-order valence-electron chi connectivity index (χ3n) is 3.29. The van der Waals surface area contributed by atoms with Gasteiger partial charge in [-0.2, -0.15) is 0 Å². The van der Waals surface area contributed by atoms with Gasteiger partial charge in [0.15, 0.2) is 0 Å². The summed E-state index contributed by atoms with van der Waals surface area (Å²) in [5, 5.41) is 0. The summed E-state index contributed by atoms with van der Waals surface area (Å²) in [6, 6.07) is 26.4. The van der Waals surface area contributed by atoms with Crippen molar-refractivity contribution in [1.29, 1.82) is 0 Å². The fraction of sp³-hybridized carbons (Fsp3) is 0.0526. The Kier molecular flexibility index (Phi) is 3.51. The van der Waals surface area contributed by atoms with Gasteiger partial charge in [-0.05, 0) is 36.2 Å². The monoisotopic (exact) mass is 260 g/mol. The summed E-state index contributed by atoms with van der Waals surface area (Å²) in [7, 11) is 0. The van der Waals surface area contributed by atoms with Crippen molar-refractivity contribution in [3.05, 3.63) is 84.4 Å². The van der Waals surface area contributed by atoms with Gasteiger partial charge in [0, 0.05) is 5.56 Å². The fourth-order valence-electron chi connectivity index (χ4n) is 2.27. The van der Waals surface area contributed by atoms with E-state index in [1.807, 2.05) is 48.5 Å². The van der Waals surface area contributed by atoms with Gasteiger partial charge in [0.25, 0.3) is 0 Å². The van der Waals surface area contributed by atoms with Crippen LogP contribution < -0.4 is 4.74 Å². The van der Waals surface area contributed by atoms with E-state index in [9.17, 15) is 0 Å². The molecule has 0 unspecified atom stereocenters. The molecule has 0 aliphatic heterocycles. The second kappa shape index (κ2) is 5.62. The Morgan fingerprint density at radius 1 is 0.600 bits per heavy atom. The third-order valence-corrected chi connectivity index (χ3v) is 3.29. The largest absolute Gasteiger partial charge is 0.457 e. The fourth-order valence-corrected chi connectivity index (χ4v) is 2.27. The smallest absolute Gasteiger partial charge is 0.135 e. The molecule has 0 saturated heterocycles. The molecule has 0 aliphatic carbocycles. The molecule has 0 fully saturated rings. The van der Waals surface area contributed by atoms with Crippen LogP contribution >= 0.6 is 0 Å². The Bertz CT molecular complexity index is 702. The number of aryl methyl sites for hydroxylation is 1. The van der Waals surface area contributed by atoms with Crippen molar-refractivity contribution in [2.45, 2.75) is 6.92 Å². The molecule has 20 heavy (non-hydrogen) atoms. The number of ether oxygens (including phenoxy) is 1. The van der Waals surface area contributed by atoms with Crippen LogP contribution in [-0.2, 0) is 0 Å². The summed E-state index contributed by atoms with van der Waals surface area (Å²) in [6.45, 7) is 2.12. The van der Waals surface area contributed by atoms with Crippen molar-refractivity contribution in [3.63, 3.8) is 0 Å². The standard InChI is InChI=1S/C19H16O/c1-15-9-5-6-12-17(15)18-13-7-8-14-19(18)20-16-10-3-2-4-11-16/h2-14H,1H3. The molecule has 0 radical (unpaired) electrons. The van der Waals surface area contributed by atoms with E-state index >= 15 is 0 Å². The molecule has 3 aromatic rings. The van der Waals surface area contributed by atoms with Crippen molar-refractivity contribution in [2.75, 3.05) is 0 Å². The zero-order valence-electron chi connectivity index (χ0n) is 11.4. The summed E-state index contributed by atoms with van der Waals surface area (Å²) >= 11 is 0. The van der Waals surface area contributed by atoms with Gasteiger partial charge >= 0.3 is 0 Å². The first-order valence-corrected chi connectivity index (χ1v) is 6.72. The minimum absolute atomic E-state index is 0.855. The molecule has 0 aliphatic rings. The normalized spacial score (nSPS) is 10.2. The average Bonchev–Trinajstić information content (AvgIpc) is 2.50. The molecule has 3 aromatic carbocycles. The molecule has 0 bridgehead atoms. The topological polar surface area (TPSA) is 9.23 Å². The summed E-state index contributed by atoms with van der Waals surface area (Å²) < 4.78 is 6.02. The van der Waals surface area contributed by atoms with E-state index in [1.165, 1.54) is 11.1 Å². The predicted molar refractivity (Wildman–Crippen MR) is 83.1 cm³/mol. The zero-order valence-corrected chi connectivity index (χ0v) is 11.4. The zero-order chi connectivity index (χ0) is 13.8. The summed E-state index contributed by atoms with van der Waals surface area (Å²) in [6.07, 6.45) is 0. The first-order valence-electron chi connectivity index (χ1n) is 6.72. The van der Waals surface area contributed by atoms with Crippen LogP contribution in [0.1, 0.15) is 5.56 Å². The minimum atomic E-state index is 0.855. The van der Waals surface area contributed by atoms with Crippen molar-refractivity contribution in [1.82, 2.24) is 0 Å². The molecule has 3 rings (SSSR count). The van der Waals surface area contributed by atoms with Crippen LogP contribution in [0, 0.1) is 6.92 Å². The van der Waals surface area contributed by atoms with Crippen LogP contribution in [0.25, 0.3) is 11.1 Å². The van der Waals surface area contributed by atoms with Crippen LogP contribution in [-0.4, -0.2) is 0 Å². The van der Waals surface area contributed by atoms with Crippen LogP contribution in [0.2, 0.25) is 0 Å². The molecule has 0 aromatic heterocycles. The highest BCUT2D eigenvalue weighted by Crippen LogP contribution is 2.34. The summed E-state index contributed by atoms with van der Waals surface area (Å²) in [5.74, 6) is 1.74. The second-order valence-electron chi connectivity index (χ2n) is 4.73. The lowest BCUT2D eigenvalue weighted by atomic mass is 10.00. The highest BCUT2D eigenvalue weighted by molar-refractivity contribution is 5.73. The Hall–Kier alpha value is -2.54. The summed E-state index contributed by atoms with van der Waals surface area (Å²) in [4.78, 5) is 0. The van der Waals surface area contributed by atoms with Gasteiger partial charge < -0.3 is 4.74 Å². The molecule has 0 spiro atoms. The molecule has 0 saturated carbocycles. The number of hydrogen-bond acceptors (Lipinski definition) is 1. The lowest BCUT2D eigenvalue weighted by molar-refractivity contribution is 0.484. The molecule has 1 heteroatoms. The first-order chi connectivity index (χ1) is 9.84. The quantitative estimate of drug-likeness (QED) is 0.608. The van der Waals surface area contributed by atoms with Crippen LogP contribution in [0.15, 0.2) is 78.9 Å². The lowest BCUT2D eigenvalue weighted by Gasteiger charge is -2.12. The van der Waals surface area contributed by atoms with Crippen LogP contribution in [0.5, 0.6) is 11.5 Å². The maximum atomic E-state index is 6.02. The molecule has 0 atom stereocenters. The Morgan fingerprint density at radius 2 is 1.20 bits per heavy atom. The Labute approximate surface area is 119 Å². The Balaban J connectivity index is 2.03. The number of benzene rings is 3. The highest BCUT2D eigenvalue weighted by atomic mass is 16.5. The minimum Gasteiger partial charge on any atom is -0.457 e. The third kappa shape index (κ3) is 2.57. The molecule has 0 heterocycles. The van der Waals surface area contributed by atoms with E-state index in [2.05, 4.69) is 37.3 Å². The van der Waals surface area contributed by atoms with Crippen molar-refractivity contribution >= 4 is 0 Å². The molecular weight excluding hydrogens is 244 g/mol. The van der Waals surface area contributed by atoms with Gasteiger partial charge in [-0.3, -0.25) is 0 Å². The predicted octanol–water partition coefficient (Wildman–Crippen LogP) is 5.45. The molecule has 98 valence electrons. The van der Waals surface area contributed by atoms with E-state index in [0.717, 1.165) is 17.1 Å². The molecule has 0 amide bonds.